The summed E-state index contributed by atoms with van der Waals surface area (Å²) in [5.74, 6) is -0.906. The molecule has 0 heterocycles. The second-order valence-electron chi connectivity index (χ2n) is 6.62. The zero-order valence-electron chi connectivity index (χ0n) is 13.6. The van der Waals surface area contributed by atoms with E-state index < -0.39 is 17.8 Å². The lowest BCUT2D eigenvalue weighted by Crippen LogP contribution is -2.28. The molecule has 0 spiro atoms. The summed E-state index contributed by atoms with van der Waals surface area (Å²) in [6.07, 6.45) is -1.30. The molecule has 2 aromatic rings. The van der Waals surface area contributed by atoms with Gasteiger partial charge in [0.1, 0.15) is 5.82 Å². The molecule has 0 saturated heterocycles. The number of amides is 1. The van der Waals surface area contributed by atoms with E-state index >= 15 is 0 Å². The van der Waals surface area contributed by atoms with E-state index in [1.807, 2.05) is 24.3 Å². The summed E-state index contributed by atoms with van der Waals surface area (Å²) in [6.45, 7) is 6.76. The minimum absolute atomic E-state index is 0.0839. The first-order valence-corrected chi connectivity index (χ1v) is 7.58. The third-order valence-electron chi connectivity index (χ3n) is 3.72. The van der Waals surface area contributed by atoms with Crippen LogP contribution in [0.2, 0.25) is 0 Å². The van der Waals surface area contributed by atoms with E-state index in [4.69, 9.17) is 0 Å². The number of carbonyl (C=O) groups excluding carboxylic acids is 1. The number of hydrogen-bond donors (Lipinski definition) is 2. The van der Waals surface area contributed by atoms with Gasteiger partial charge in [-0.3, -0.25) is 4.79 Å². The molecule has 4 heteroatoms. The van der Waals surface area contributed by atoms with Crippen LogP contribution in [0.1, 0.15) is 43.6 Å². The maximum absolute atomic E-state index is 12.9. The van der Waals surface area contributed by atoms with Gasteiger partial charge in [0.25, 0.3) is 5.91 Å². The molecule has 0 saturated carbocycles. The summed E-state index contributed by atoms with van der Waals surface area (Å²) < 4.78 is 12.9. The van der Waals surface area contributed by atoms with Gasteiger partial charge in [-0.15, -0.1) is 0 Å². The highest BCUT2D eigenvalue weighted by atomic mass is 19.1. The van der Waals surface area contributed by atoms with E-state index in [0.717, 1.165) is 5.56 Å². The number of benzene rings is 2. The Kier molecular flexibility index (Phi) is 5.16. The summed E-state index contributed by atoms with van der Waals surface area (Å²) in [5.41, 5.74) is 2.63. The molecule has 0 aliphatic rings. The van der Waals surface area contributed by atoms with Crippen molar-refractivity contribution in [2.75, 3.05) is 0 Å². The molecule has 0 bridgehead atoms. The van der Waals surface area contributed by atoms with E-state index in [-0.39, 0.29) is 5.41 Å². The molecular weight excluding hydrogens is 293 g/mol. The van der Waals surface area contributed by atoms with Gasteiger partial charge in [0.05, 0.1) is 0 Å². The van der Waals surface area contributed by atoms with Crippen LogP contribution in [-0.4, -0.2) is 11.0 Å². The average molecular weight is 315 g/mol. The van der Waals surface area contributed by atoms with Crippen LogP contribution in [-0.2, 0) is 16.8 Å². The van der Waals surface area contributed by atoms with E-state index in [0.29, 0.717) is 12.1 Å². The average Bonchev–Trinajstić information content (AvgIpc) is 2.52. The van der Waals surface area contributed by atoms with Gasteiger partial charge in [-0.05, 0) is 34.2 Å². The fraction of sp³-hybridized carbons (Fsp3) is 0.316. The largest absolute Gasteiger partial charge is 0.378 e. The van der Waals surface area contributed by atoms with Crippen LogP contribution in [0.3, 0.4) is 0 Å². The Morgan fingerprint density at radius 3 is 2.17 bits per heavy atom. The number of carbonyl (C=O) groups is 1. The van der Waals surface area contributed by atoms with Crippen LogP contribution in [0.5, 0.6) is 0 Å². The molecule has 0 aromatic heterocycles. The first-order chi connectivity index (χ1) is 10.8. The van der Waals surface area contributed by atoms with Gasteiger partial charge < -0.3 is 10.4 Å². The predicted molar refractivity (Wildman–Crippen MR) is 88.3 cm³/mol. The number of aliphatic hydroxyl groups excluding tert-OH is 1. The Morgan fingerprint density at radius 2 is 1.65 bits per heavy atom. The Labute approximate surface area is 136 Å². The molecule has 122 valence electrons. The normalized spacial score (nSPS) is 12.7. The summed E-state index contributed by atoms with van der Waals surface area (Å²) in [6, 6.07) is 13.2. The number of hydrogen-bond acceptors (Lipinski definition) is 2. The zero-order chi connectivity index (χ0) is 17.0. The van der Waals surface area contributed by atoms with E-state index in [2.05, 4.69) is 26.1 Å². The second-order valence-corrected chi connectivity index (χ2v) is 6.62. The van der Waals surface area contributed by atoms with Crippen LogP contribution in [0, 0.1) is 5.82 Å². The number of rotatable bonds is 4. The maximum Gasteiger partial charge on any atom is 0.253 e. The Bertz CT molecular complexity index is 657. The van der Waals surface area contributed by atoms with E-state index in [9.17, 15) is 14.3 Å². The lowest BCUT2D eigenvalue weighted by atomic mass is 9.87. The lowest BCUT2D eigenvalue weighted by molar-refractivity contribution is -0.129. The molecule has 2 rings (SSSR count). The Morgan fingerprint density at radius 1 is 1.09 bits per heavy atom. The van der Waals surface area contributed by atoms with Crippen molar-refractivity contribution in [3.05, 3.63) is 71.0 Å². The topological polar surface area (TPSA) is 49.3 Å². The van der Waals surface area contributed by atoms with Crippen molar-refractivity contribution in [1.29, 1.82) is 0 Å². The smallest absolute Gasteiger partial charge is 0.253 e. The first-order valence-electron chi connectivity index (χ1n) is 7.58. The summed E-state index contributed by atoms with van der Waals surface area (Å²) >= 11 is 0. The second kappa shape index (κ2) is 6.92. The highest BCUT2D eigenvalue weighted by molar-refractivity contribution is 5.81. The van der Waals surface area contributed by atoms with Crippen LogP contribution >= 0.6 is 0 Å². The SMILES string of the molecule is CC(C)(C)c1ccc(CNC(=O)C(O)c2ccc(F)cc2)cc1. The molecule has 2 aromatic carbocycles. The molecular formula is C19H22FNO2. The van der Waals surface area contributed by atoms with Crippen molar-refractivity contribution in [3.63, 3.8) is 0 Å². The standard InChI is InChI=1S/C19H22FNO2/c1-19(2,3)15-8-4-13(5-9-15)12-21-18(23)17(22)14-6-10-16(20)11-7-14/h4-11,17,22H,12H2,1-3H3,(H,21,23). The van der Waals surface area contributed by atoms with Gasteiger partial charge in [0, 0.05) is 6.54 Å². The Balaban J connectivity index is 1.94. The zero-order valence-corrected chi connectivity index (χ0v) is 13.6. The minimum Gasteiger partial charge on any atom is -0.378 e. The highest BCUT2D eigenvalue weighted by Crippen LogP contribution is 2.22. The van der Waals surface area contributed by atoms with Crippen LogP contribution < -0.4 is 5.32 Å². The molecule has 1 atom stereocenters. The van der Waals surface area contributed by atoms with Gasteiger partial charge in [0.15, 0.2) is 6.10 Å². The summed E-state index contributed by atoms with van der Waals surface area (Å²) in [5, 5.41) is 12.7. The van der Waals surface area contributed by atoms with Crippen LogP contribution in [0.15, 0.2) is 48.5 Å². The molecule has 0 fully saturated rings. The predicted octanol–water partition coefficient (Wildman–Crippen LogP) is 3.47. The highest BCUT2D eigenvalue weighted by Gasteiger charge is 2.17. The van der Waals surface area contributed by atoms with Gasteiger partial charge in [0.2, 0.25) is 0 Å². The lowest BCUT2D eigenvalue weighted by Gasteiger charge is -2.19. The maximum atomic E-state index is 12.9. The van der Waals surface area contributed by atoms with Gasteiger partial charge in [-0.1, -0.05) is 57.2 Å². The molecule has 23 heavy (non-hydrogen) atoms. The van der Waals surface area contributed by atoms with Crippen molar-refractivity contribution in [2.45, 2.75) is 38.8 Å². The third-order valence-corrected chi connectivity index (χ3v) is 3.72. The molecule has 0 aliphatic heterocycles. The van der Waals surface area contributed by atoms with Gasteiger partial charge in [-0.2, -0.15) is 0 Å². The molecule has 3 nitrogen and oxygen atoms in total. The van der Waals surface area contributed by atoms with Crippen LogP contribution in [0.25, 0.3) is 0 Å². The molecule has 0 radical (unpaired) electrons. The first kappa shape index (κ1) is 17.2. The fourth-order valence-electron chi connectivity index (χ4n) is 2.20. The van der Waals surface area contributed by atoms with Crippen molar-refractivity contribution >= 4 is 5.91 Å². The van der Waals surface area contributed by atoms with Gasteiger partial charge >= 0.3 is 0 Å². The Hall–Kier alpha value is -2.20. The molecule has 1 unspecified atom stereocenters. The number of halogens is 1. The fourth-order valence-corrected chi connectivity index (χ4v) is 2.20. The van der Waals surface area contributed by atoms with Crippen molar-refractivity contribution in [3.8, 4) is 0 Å². The monoisotopic (exact) mass is 315 g/mol. The van der Waals surface area contributed by atoms with Crippen molar-refractivity contribution < 1.29 is 14.3 Å². The number of nitrogens with one attached hydrogen (secondary N) is 1. The minimum atomic E-state index is -1.30. The van der Waals surface area contributed by atoms with Crippen molar-refractivity contribution in [2.24, 2.45) is 0 Å². The summed E-state index contributed by atoms with van der Waals surface area (Å²) in [4.78, 5) is 12.0. The molecule has 1 amide bonds. The summed E-state index contributed by atoms with van der Waals surface area (Å²) in [7, 11) is 0. The molecule has 2 N–H and O–H groups in total. The number of aliphatic hydroxyl groups is 1. The van der Waals surface area contributed by atoms with Crippen molar-refractivity contribution in [1.82, 2.24) is 5.32 Å². The molecule has 0 aliphatic carbocycles. The third kappa shape index (κ3) is 4.63. The van der Waals surface area contributed by atoms with E-state index in [1.165, 1.54) is 29.8 Å². The van der Waals surface area contributed by atoms with Gasteiger partial charge in [-0.25, -0.2) is 4.39 Å². The van der Waals surface area contributed by atoms with Crippen LogP contribution in [0.4, 0.5) is 4.39 Å². The van der Waals surface area contributed by atoms with E-state index in [1.54, 1.807) is 0 Å². The quantitative estimate of drug-likeness (QED) is 0.907.